The largest absolute Gasteiger partial charge is 0.356 e. The SMILES string of the molecule is Fc1ccc(NC(=S)NC[C@@H](c2cccs2)[NH+]2CCCC2)cc1. The first-order valence-corrected chi connectivity index (χ1v) is 9.19. The Kier molecular flexibility index (Phi) is 5.59. The van der Waals surface area contributed by atoms with Gasteiger partial charge in [0.1, 0.15) is 11.9 Å². The molecule has 1 aliphatic heterocycles. The highest BCUT2D eigenvalue weighted by Crippen LogP contribution is 2.17. The molecule has 6 heteroatoms. The third kappa shape index (κ3) is 4.50. The molecule has 1 aromatic carbocycles. The summed E-state index contributed by atoms with van der Waals surface area (Å²) >= 11 is 7.18. The molecule has 1 aliphatic rings. The average molecular weight is 351 g/mol. The molecule has 2 aromatic rings. The normalized spacial score (nSPS) is 16.2. The van der Waals surface area contributed by atoms with Gasteiger partial charge in [-0.05, 0) is 47.9 Å². The first kappa shape index (κ1) is 16.4. The molecule has 0 spiro atoms. The second-order valence-electron chi connectivity index (χ2n) is 5.78. The summed E-state index contributed by atoms with van der Waals surface area (Å²) in [6, 6.07) is 11.0. The summed E-state index contributed by atoms with van der Waals surface area (Å²) in [7, 11) is 0. The minimum absolute atomic E-state index is 0.246. The van der Waals surface area contributed by atoms with Crippen molar-refractivity contribution < 1.29 is 9.29 Å². The van der Waals surface area contributed by atoms with Crippen molar-refractivity contribution in [1.82, 2.24) is 5.32 Å². The molecule has 3 nitrogen and oxygen atoms in total. The molecular formula is C17H21FN3S2+. The Hall–Kier alpha value is -1.50. The van der Waals surface area contributed by atoms with Gasteiger partial charge in [0.15, 0.2) is 5.11 Å². The van der Waals surface area contributed by atoms with E-state index < -0.39 is 0 Å². The molecule has 0 bridgehead atoms. The van der Waals surface area contributed by atoms with Crippen LogP contribution in [0.3, 0.4) is 0 Å². The molecule has 1 aromatic heterocycles. The van der Waals surface area contributed by atoms with Gasteiger partial charge in [-0.3, -0.25) is 0 Å². The van der Waals surface area contributed by atoms with E-state index in [-0.39, 0.29) is 5.82 Å². The number of hydrogen-bond acceptors (Lipinski definition) is 2. The van der Waals surface area contributed by atoms with Crippen LogP contribution in [-0.4, -0.2) is 24.7 Å². The summed E-state index contributed by atoms with van der Waals surface area (Å²) in [5.41, 5.74) is 0.796. The van der Waals surface area contributed by atoms with Gasteiger partial charge in [-0.2, -0.15) is 0 Å². The van der Waals surface area contributed by atoms with Crippen molar-refractivity contribution >= 4 is 34.4 Å². The molecular weight excluding hydrogens is 329 g/mol. The average Bonchev–Trinajstić information content (AvgIpc) is 3.24. The number of thiophene rings is 1. The summed E-state index contributed by atoms with van der Waals surface area (Å²) in [6.07, 6.45) is 2.60. The number of nitrogens with one attached hydrogen (secondary N) is 3. The van der Waals surface area contributed by atoms with Crippen molar-refractivity contribution in [3.05, 3.63) is 52.5 Å². The highest BCUT2D eigenvalue weighted by atomic mass is 32.1. The van der Waals surface area contributed by atoms with E-state index in [0.717, 1.165) is 12.2 Å². The lowest BCUT2D eigenvalue weighted by molar-refractivity contribution is -0.918. The Balaban J connectivity index is 1.57. The van der Waals surface area contributed by atoms with Crippen molar-refractivity contribution in [1.29, 1.82) is 0 Å². The molecule has 3 rings (SSSR count). The molecule has 122 valence electrons. The Morgan fingerprint density at radius 2 is 1.96 bits per heavy atom. The Labute approximate surface area is 145 Å². The van der Waals surface area contributed by atoms with Crippen molar-refractivity contribution in [3.8, 4) is 0 Å². The van der Waals surface area contributed by atoms with Crippen molar-refractivity contribution in [3.63, 3.8) is 0 Å². The summed E-state index contributed by atoms with van der Waals surface area (Å²) in [4.78, 5) is 3.03. The maximum absolute atomic E-state index is 12.9. The van der Waals surface area contributed by atoms with Crippen LogP contribution in [0.2, 0.25) is 0 Å². The van der Waals surface area contributed by atoms with Gasteiger partial charge < -0.3 is 15.5 Å². The second kappa shape index (κ2) is 7.86. The second-order valence-corrected chi connectivity index (χ2v) is 7.16. The number of anilines is 1. The van der Waals surface area contributed by atoms with E-state index in [2.05, 4.69) is 28.1 Å². The fourth-order valence-corrected chi connectivity index (χ4v) is 4.10. The Morgan fingerprint density at radius 1 is 1.22 bits per heavy atom. The number of thiocarbonyl (C=S) groups is 1. The first-order chi connectivity index (χ1) is 11.2. The van der Waals surface area contributed by atoms with Crippen molar-refractivity contribution in [2.75, 3.05) is 25.0 Å². The molecule has 0 unspecified atom stereocenters. The van der Waals surface area contributed by atoms with E-state index in [0.29, 0.717) is 11.2 Å². The van der Waals surface area contributed by atoms with Crippen LogP contribution in [0.5, 0.6) is 0 Å². The highest BCUT2D eigenvalue weighted by molar-refractivity contribution is 7.80. The number of halogens is 1. The van der Waals surface area contributed by atoms with E-state index in [1.165, 1.54) is 42.9 Å². The minimum atomic E-state index is -0.246. The number of quaternary nitrogens is 1. The summed E-state index contributed by atoms with van der Waals surface area (Å²) in [5, 5.41) is 9.14. The quantitative estimate of drug-likeness (QED) is 0.724. The molecule has 1 fully saturated rings. The fraction of sp³-hybridized carbons (Fsp3) is 0.353. The van der Waals surface area contributed by atoms with Gasteiger partial charge >= 0.3 is 0 Å². The van der Waals surface area contributed by atoms with Gasteiger partial charge in [0.2, 0.25) is 0 Å². The van der Waals surface area contributed by atoms with Crippen LogP contribution < -0.4 is 15.5 Å². The molecule has 1 atom stereocenters. The van der Waals surface area contributed by atoms with Crippen LogP contribution in [0.1, 0.15) is 23.8 Å². The smallest absolute Gasteiger partial charge is 0.171 e. The van der Waals surface area contributed by atoms with E-state index in [1.54, 1.807) is 17.0 Å². The molecule has 0 saturated carbocycles. The molecule has 0 radical (unpaired) electrons. The molecule has 3 N–H and O–H groups in total. The van der Waals surface area contributed by atoms with E-state index in [9.17, 15) is 4.39 Å². The van der Waals surface area contributed by atoms with Crippen LogP contribution in [0.15, 0.2) is 41.8 Å². The summed E-state index contributed by atoms with van der Waals surface area (Å²) in [6.45, 7) is 3.26. The van der Waals surface area contributed by atoms with Crippen LogP contribution in [0, 0.1) is 5.82 Å². The minimum Gasteiger partial charge on any atom is -0.356 e. The van der Waals surface area contributed by atoms with Crippen molar-refractivity contribution in [2.45, 2.75) is 18.9 Å². The lowest BCUT2D eigenvalue weighted by Gasteiger charge is -2.24. The number of benzene rings is 1. The Bertz CT molecular complexity index is 622. The standard InChI is InChI=1S/C17H20FN3S2/c18-13-5-7-14(8-6-13)20-17(22)19-12-15(16-4-3-11-23-16)21-9-1-2-10-21/h3-8,11,15H,1-2,9-10,12H2,(H2,19,20,22)/p+1/t15-/m0/s1. The fourth-order valence-electron chi connectivity index (χ4n) is 3.02. The Morgan fingerprint density at radius 3 is 2.61 bits per heavy atom. The lowest BCUT2D eigenvalue weighted by atomic mass is 10.2. The first-order valence-electron chi connectivity index (χ1n) is 7.91. The summed E-state index contributed by atoms with van der Waals surface area (Å²) in [5.74, 6) is -0.246. The van der Waals surface area contributed by atoms with Crippen LogP contribution in [0.25, 0.3) is 0 Å². The van der Waals surface area contributed by atoms with Gasteiger partial charge in [-0.1, -0.05) is 6.07 Å². The van der Waals surface area contributed by atoms with Gasteiger partial charge in [0.05, 0.1) is 24.5 Å². The topological polar surface area (TPSA) is 28.5 Å². The zero-order valence-corrected chi connectivity index (χ0v) is 14.5. The van der Waals surface area contributed by atoms with Crippen LogP contribution in [0.4, 0.5) is 10.1 Å². The van der Waals surface area contributed by atoms with Gasteiger partial charge in [0.25, 0.3) is 0 Å². The molecule has 1 saturated heterocycles. The predicted molar refractivity (Wildman–Crippen MR) is 97.6 cm³/mol. The van der Waals surface area contributed by atoms with E-state index in [1.807, 2.05) is 11.3 Å². The molecule has 2 heterocycles. The van der Waals surface area contributed by atoms with E-state index >= 15 is 0 Å². The van der Waals surface area contributed by atoms with Crippen molar-refractivity contribution in [2.24, 2.45) is 0 Å². The number of hydrogen-bond donors (Lipinski definition) is 3. The van der Waals surface area contributed by atoms with Crippen LogP contribution >= 0.6 is 23.6 Å². The number of likely N-dealkylation sites (tertiary alicyclic amines) is 1. The van der Waals surface area contributed by atoms with Gasteiger partial charge in [-0.25, -0.2) is 4.39 Å². The van der Waals surface area contributed by atoms with Gasteiger partial charge in [-0.15, -0.1) is 11.3 Å². The maximum Gasteiger partial charge on any atom is 0.171 e. The molecule has 0 amide bonds. The zero-order valence-electron chi connectivity index (χ0n) is 12.8. The maximum atomic E-state index is 12.9. The molecule has 0 aliphatic carbocycles. The zero-order chi connectivity index (χ0) is 16.1. The van der Waals surface area contributed by atoms with Gasteiger partial charge in [0, 0.05) is 18.5 Å². The third-order valence-electron chi connectivity index (χ3n) is 4.19. The summed E-state index contributed by atoms with van der Waals surface area (Å²) < 4.78 is 12.9. The predicted octanol–water partition coefficient (Wildman–Crippen LogP) is 2.59. The highest BCUT2D eigenvalue weighted by Gasteiger charge is 2.28. The van der Waals surface area contributed by atoms with E-state index in [4.69, 9.17) is 12.2 Å². The third-order valence-corrected chi connectivity index (χ3v) is 5.43. The van der Waals surface area contributed by atoms with Crippen LogP contribution in [-0.2, 0) is 0 Å². The number of rotatable bonds is 5. The monoisotopic (exact) mass is 350 g/mol. The molecule has 23 heavy (non-hydrogen) atoms. The lowest BCUT2D eigenvalue weighted by Crippen LogP contribution is -3.11.